The summed E-state index contributed by atoms with van der Waals surface area (Å²) in [5.41, 5.74) is 1.40. The van der Waals surface area contributed by atoms with E-state index < -0.39 is 0 Å². The van der Waals surface area contributed by atoms with Gasteiger partial charge in [0.25, 0.3) is 0 Å². The standard InChI is InChI=1S/C15H23N/c1-2-3-4-8-13-16-14-9-12-15-10-6-5-7-11-15/h5-7,10-11,14H,2-4,8-9,12-13H2,1H3. The fourth-order valence-corrected chi connectivity index (χ4v) is 1.69. The molecular formula is C15H23N. The second-order valence-corrected chi connectivity index (χ2v) is 4.17. The van der Waals surface area contributed by atoms with E-state index in [0.29, 0.717) is 0 Å². The molecule has 0 heterocycles. The first-order valence-electron chi connectivity index (χ1n) is 6.45. The topological polar surface area (TPSA) is 12.4 Å². The number of benzene rings is 1. The lowest BCUT2D eigenvalue weighted by Crippen LogP contribution is -1.87. The summed E-state index contributed by atoms with van der Waals surface area (Å²) in [6.07, 6.45) is 9.48. The lowest BCUT2D eigenvalue weighted by molar-refractivity contribution is 0.675. The van der Waals surface area contributed by atoms with E-state index >= 15 is 0 Å². The van der Waals surface area contributed by atoms with Crippen molar-refractivity contribution in [2.75, 3.05) is 6.54 Å². The third-order valence-electron chi connectivity index (χ3n) is 2.67. The number of aryl methyl sites for hydroxylation is 1. The summed E-state index contributed by atoms with van der Waals surface area (Å²) in [5.74, 6) is 0. The maximum atomic E-state index is 4.43. The van der Waals surface area contributed by atoms with Gasteiger partial charge in [-0.25, -0.2) is 0 Å². The van der Waals surface area contributed by atoms with Gasteiger partial charge in [-0.15, -0.1) is 0 Å². The molecule has 0 aromatic heterocycles. The molecule has 0 spiro atoms. The summed E-state index contributed by atoms with van der Waals surface area (Å²) in [5, 5.41) is 0. The molecule has 1 heteroatoms. The van der Waals surface area contributed by atoms with Crippen LogP contribution in [0.4, 0.5) is 0 Å². The van der Waals surface area contributed by atoms with E-state index in [-0.39, 0.29) is 0 Å². The lowest BCUT2D eigenvalue weighted by Gasteiger charge is -1.97. The monoisotopic (exact) mass is 217 g/mol. The highest BCUT2D eigenvalue weighted by atomic mass is 14.7. The van der Waals surface area contributed by atoms with Crippen molar-refractivity contribution >= 4 is 6.21 Å². The van der Waals surface area contributed by atoms with Crippen LogP contribution in [0.2, 0.25) is 0 Å². The van der Waals surface area contributed by atoms with Crippen LogP contribution in [-0.4, -0.2) is 12.8 Å². The number of rotatable bonds is 8. The summed E-state index contributed by atoms with van der Waals surface area (Å²) >= 11 is 0. The molecule has 0 unspecified atom stereocenters. The molecule has 0 radical (unpaired) electrons. The van der Waals surface area contributed by atoms with E-state index in [1.807, 2.05) is 0 Å². The van der Waals surface area contributed by atoms with Crippen molar-refractivity contribution in [1.29, 1.82) is 0 Å². The molecule has 0 amide bonds. The van der Waals surface area contributed by atoms with Crippen LogP contribution >= 0.6 is 0 Å². The highest BCUT2D eigenvalue weighted by molar-refractivity contribution is 5.57. The van der Waals surface area contributed by atoms with Gasteiger partial charge < -0.3 is 0 Å². The smallest absolute Gasteiger partial charge is 0.0385 e. The predicted molar refractivity (Wildman–Crippen MR) is 72.3 cm³/mol. The Balaban J connectivity index is 2.00. The predicted octanol–water partition coefficient (Wildman–Crippen LogP) is 4.27. The molecule has 1 aromatic carbocycles. The van der Waals surface area contributed by atoms with Gasteiger partial charge in [-0.05, 0) is 31.0 Å². The van der Waals surface area contributed by atoms with Crippen LogP contribution in [0.3, 0.4) is 0 Å². The van der Waals surface area contributed by atoms with Gasteiger partial charge in [0, 0.05) is 6.54 Å². The van der Waals surface area contributed by atoms with Gasteiger partial charge in [-0.2, -0.15) is 0 Å². The van der Waals surface area contributed by atoms with Crippen molar-refractivity contribution in [2.45, 2.75) is 45.4 Å². The van der Waals surface area contributed by atoms with E-state index in [9.17, 15) is 0 Å². The lowest BCUT2D eigenvalue weighted by atomic mass is 10.1. The third kappa shape index (κ3) is 6.39. The molecule has 0 saturated carbocycles. The average molecular weight is 217 g/mol. The molecule has 0 saturated heterocycles. The van der Waals surface area contributed by atoms with Gasteiger partial charge in [-0.3, -0.25) is 4.99 Å². The van der Waals surface area contributed by atoms with Crippen LogP contribution in [0.25, 0.3) is 0 Å². The Hall–Kier alpha value is -1.11. The van der Waals surface area contributed by atoms with Crippen LogP contribution in [0.15, 0.2) is 35.3 Å². The summed E-state index contributed by atoms with van der Waals surface area (Å²) in [7, 11) is 0. The first-order chi connectivity index (χ1) is 7.93. The van der Waals surface area contributed by atoms with Crippen LogP contribution in [-0.2, 0) is 6.42 Å². The Morgan fingerprint density at radius 3 is 2.62 bits per heavy atom. The van der Waals surface area contributed by atoms with Gasteiger partial charge >= 0.3 is 0 Å². The van der Waals surface area contributed by atoms with Gasteiger partial charge in [0.05, 0.1) is 0 Å². The molecule has 0 aliphatic rings. The molecule has 88 valence electrons. The van der Waals surface area contributed by atoms with Crippen LogP contribution in [0.5, 0.6) is 0 Å². The molecule has 1 nitrogen and oxygen atoms in total. The first kappa shape index (κ1) is 13.0. The molecule has 0 aliphatic heterocycles. The van der Waals surface area contributed by atoms with Crippen molar-refractivity contribution in [3.63, 3.8) is 0 Å². The quantitative estimate of drug-likeness (QED) is 0.455. The van der Waals surface area contributed by atoms with Crippen molar-refractivity contribution in [3.05, 3.63) is 35.9 Å². The van der Waals surface area contributed by atoms with Gasteiger partial charge in [0.2, 0.25) is 0 Å². The largest absolute Gasteiger partial charge is 0.298 e. The summed E-state index contributed by atoms with van der Waals surface area (Å²) < 4.78 is 0. The Bertz CT molecular complexity index is 277. The molecule has 0 fully saturated rings. The molecule has 16 heavy (non-hydrogen) atoms. The Labute approximate surface area is 99.6 Å². The molecule has 0 bridgehead atoms. The average Bonchev–Trinajstić information content (AvgIpc) is 2.34. The molecule has 0 atom stereocenters. The molecule has 1 rings (SSSR count). The number of unbranched alkanes of at least 4 members (excludes halogenated alkanes) is 3. The number of hydrogen-bond donors (Lipinski definition) is 0. The minimum absolute atomic E-state index is 1.01. The zero-order chi connectivity index (χ0) is 11.5. The molecular weight excluding hydrogens is 194 g/mol. The Morgan fingerprint density at radius 2 is 1.88 bits per heavy atom. The van der Waals surface area contributed by atoms with Crippen LogP contribution in [0.1, 0.15) is 44.6 Å². The van der Waals surface area contributed by atoms with E-state index in [1.54, 1.807) is 0 Å². The maximum absolute atomic E-state index is 4.43. The number of nitrogens with zero attached hydrogens (tertiary/aromatic N) is 1. The van der Waals surface area contributed by atoms with E-state index in [2.05, 4.69) is 48.5 Å². The minimum Gasteiger partial charge on any atom is -0.298 e. The third-order valence-corrected chi connectivity index (χ3v) is 2.67. The molecule has 1 aromatic rings. The Kier molecular flexibility index (Phi) is 7.40. The van der Waals surface area contributed by atoms with Gasteiger partial charge in [-0.1, -0.05) is 56.5 Å². The molecule has 0 aliphatic carbocycles. The van der Waals surface area contributed by atoms with Crippen LogP contribution < -0.4 is 0 Å². The highest BCUT2D eigenvalue weighted by Gasteiger charge is 1.88. The fourth-order valence-electron chi connectivity index (χ4n) is 1.69. The SMILES string of the molecule is CCCCCCN=CCCc1ccccc1. The summed E-state index contributed by atoms with van der Waals surface area (Å²) in [6.45, 7) is 3.25. The van der Waals surface area contributed by atoms with Crippen LogP contribution in [0, 0.1) is 0 Å². The molecule has 0 N–H and O–H groups in total. The second-order valence-electron chi connectivity index (χ2n) is 4.17. The zero-order valence-corrected chi connectivity index (χ0v) is 10.4. The summed E-state index contributed by atoms with van der Waals surface area (Å²) in [4.78, 5) is 4.43. The maximum Gasteiger partial charge on any atom is 0.0385 e. The Morgan fingerprint density at radius 1 is 1.06 bits per heavy atom. The van der Waals surface area contributed by atoms with E-state index in [4.69, 9.17) is 0 Å². The zero-order valence-electron chi connectivity index (χ0n) is 10.4. The van der Waals surface area contributed by atoms with Gasteiger partial charge in [0.1, 0.15) is 0 Å². The van der Waals surface area contributed by atoms with E-state index in [1.165, 1.54) is 31.2 Å². The fraction of sp³-hybridized carbons (Fsp3) is 0.533. The van der Waals surface area contributed by atoms with E-state index in [0.717, 1.165) is 19.4 Å². The number of aliphatic imine (C=N–C) groups is 1. The highest BCUT2D eigenvalue weighted by Crippen LogP contribution is 2.01. The first-order valence-corrected chi connectivity index (χ1v) is 6.45. The van der Waals surface area contributed by atoms with Gasteiger partial charge in [0.15, 0.2) is 0 Å². The summed E-state index contributed by atoms with van der Waals surface area (Å²) in [6, 6.07) is 10.6. The minimum atomic E-state index is 1.01. The van der Waals surface area contributed by atoms with Crippen molar-refractivity contribution in [1.82, 2.24) is 0 Å². The van der Waals surface area contributed by atoms with Crippen molar-refractivity contribution in [3.8, 4) is 0 Å². The second kappa shape index (κ2) is 9.14. The van der Waals surface area contributed by atoms with Crippen molar-refractivity contribution in [2.24, 2.45) is 4.99 Å². The van der Waals surface area contributed by atoms with Crippen molar-refractivity contribution < 1.29 is 0 Å². The normalized spacial score (nSPS) is 11.1. The number of hydrogen-bond acceptors (Lipinski definition) is 1.